The van der Waals surface area contributed by atoms with Gasteiger partial charge < -0.3 is 15.5 Å². The number of carbonyl (C=O) groups is 1. The molecule has 0 aliphatic rings. The van der Waals surface area contributed by atoms with E-state index in [0.717, 1.165) is 11.3 Å². The molecule has 4 heteroatoms. The lowest BCUT2D eigenvalue weighted by molar-refractivity contribution is 0.0696. The van der Waals surface area contributed by atoms with Crippen LogP contribution in [-0.2, 0) is 5.54 Å². The van der Waals surface area contributed by atoms with Crippen LogP contribution in [0.5, 0.6) is 0 Å². The third-order valence-electron chi connectivity index (χ3n) is 3.60. The molecule has 4 nitrogen and oxygen atoms in total. The van der Waals surface area contributed by atoms with Crippen molar-refractivity contribution in [2.45, 2.75) is 19.4 Å². The molecule has 21 heavy (non-hydrogen) atoms. The zero-order valence-corrected chi connectivity index (χ0v) is 12.1. The number of carboxylic acids is 1. The predicted molar refractivity (Wildman–Crippen MR) is 82.6 cm³/mol. The fourth-order valence-corrected chi connectivity index (χ4v) is 2.31. The minimum absolute atomic E-state index is 0.0727. The highest BCUT2D eigenvalue weighted by molar-refractivity contribution is 5.89. The SMILES string of the molecule is Cc1cc(NC(C)(CO)c2ccccc2)ccc1C(=O)O. The Morgan fingerprint density at radius 3 is 2.38 bits per heavy atom. The summed E-state index contributed by atoms with van der Waals surface area (Å²) in [4.78, 5) is 11.0. The van der Waals surface area contributed by atoms with Gasteiger partial charge in [0, 0.05) is 5.69 Å². The topological polar surface area (TPSA) is 69.6 Å². The smallest absolute Gasteiger partial charge is 0.335 e. The normalized spacial score (nSPS) is 13.5. The second kappa shape index (κ2) is 5.97. The Bertz CT molecular complexity index is 640. The second-order valence-electron chi connectivity index (χ2n) is 5.32. The molecule has 0 amide bonds. The van der Waals surface area contributed by atoms with Crippen LogP contribution in [0.2, 0.25) is 0 Å². The van der Waals surface area contributed by atoms with Crippen LogP contribution < -0.4 is 5.32 Å². The van der Waals surface area contributed by atoms with Gasteiger partial charge in [-0.2, -0.15) is 0 Å². The maximum absolute atomic E-state index is 11.0. The largest absolute Gasteiger partial charge is 0.478 e. The van der Waals surface area contributed by atoms with Crippen molar-refractivity contribution >= 4 is 11.7 Å². The van der Waals surface area contributed by atoms with Gasteiger partial charge in [0.05, 0.1) is 17.7 Å². The van der Waals surface area contributed by atoms with Crippen LogP contribution in [0.4, 0.5) is 5.69 Å². The molecule has 0 spiro atoms. The number of aryl methyl sites for hydroxylation is 1. The summed E-state index contributed by atoms with van der Waals surface area (Å²) >= 11 is 0. The van der Waals surface area contributed by atoms with Crippen molar-refractivity contribution < 1.29 is 15.0 Å². The summed E-state index contributed by atoms with van der Waals surface area (Å²) in [5, 5.41) is 22.1. The minimum atomic E-state index is -0.938. The minimum Gasteiger partial charge on any atom is -0.478 e. The number of carboxylic acid groups (broad SMARTS) is 1. The van der Waals surface area contributed by atoms with E-state index in [-0.39, 0.29) is 12.2 Å². The number of aromatic carboxylic acids is 1. The zero-order chi connectivity index (χ0) is 15.5. The number of benzene rings is 2. The van der Waals surface area contributed by atoms with Crippen LogP contribution in [0.1, 0.15) is 28.4 Å². The molecule has 0 saturated heterocycles. The van der Waals surface area contributed by atoms with Crippen LogP contribution in [0.25, 0.3) is 0 Å². The van der Waals surface area contributed by atoms with Gasteiger partial charge in [-0.25, -0.2) is 4.79 Å². The van der Waals surface area contributed by atoms with Gasteiger partial charge in [-0.1, -0.05) is 30.3 Å². The molecule has 110 valence electrons. The van der Waals surface area contributed by atoms with E-state index in [0.29, 0.717) is 5.56 Å². The molecule has 0 heterocycles. The Morgan fingerprint density at radius 1 is 1.19 bits per heavy atom. The number of hydrogen-bond donors (Lipinski definition) is 3. The second-order valence-corrected chi connectivity index (χ2v) is 5.32. The highest BCUT2D eigenvalue weighted by atomic mass is 16.4. The molecule has 0 aromatic heterocycles. The van der Waals surface area contributed by atoms with Crippen LogP contribution in [0.15, 0.2) is 48.5 Å². The summed E-state index contributed by atoms with van der Waals surface area (Å²) in [7, 11) is 0. The lowest BCUT2D eigenvalue weighted by atomic mass is 9.92. The summed E-state index contributed by atoms with van der Waals surface area (Å²) in [5.41, 5.74) is 2.08. The quantitative estimate of drug-likeness (QED) is 0.790. The van der Waals surface area contributed by atoms with Crippen molar-refractivity contribution in [3.05, 3.63) is 65.2 Å². The van der Waals surface area contributed by atoms with Crippen LogP contribution in [0, 0.1) is 6.92 Å². The number of aliphatic hydroxyl groups is 1. The average Bonchev–Trinajstić information content (AvgIpc) is 2.47. The number of nitrogens with one attached hydrogen (secondary N) is 1. The van der Waals surface area contributed by atoms with Crippen molar-refractivity contribution in [2.24, 2.45) is 0 Å². The van der Waals surface area contributed by atoms with Gasteiger partial charge in [-0.05, 0) is 43.2 Å². The van der Waals surface area contributed by atoms with Gasteiger partial charge in [0.25, 0.3) is 0 Å². The Kier molecular flexibility index (Phi) is 4.29. The highest BCUT2D eigenvalue weighted by Gasteiger charge is 2.25. The van der Waals surface area contributed by atoms with E-state index in [1.807, 2.05) is 37.3 Å². The van der Waals surface area contributed by atoms with Gasteiger partial charge in [-0.3, -0.25) is 0 Å². The fraction of sp³-hybridized carbons (Fsp3) is 0.235. The van der Waals surface area contributed by atoms with Crippen molar-refractivity contribution in [3.8, 4) is 0 Å². The van der Waals surface area contributed by atoms with Crippen molar-refractivity contribution in [1.82, 2.24) is 0 Å². The first-order valence-corrected chi connectivity index (χ1v) is 6.75. The van der Waals surface area contributed by atoms with Gasteiger partial charge in [-0.15, -0.1) is 0 Å². The predicted octanol–water partition coefficient (Wildman–Crippen LogP) is 3.01. The monoisotopic (exact) mass is 285 g/mol. The van der Waals surface area contributed by atoms with E-state index in [1.54, 1.807) is 25.1 Å². The molecule has 0 fully saturated rings. The first-order chi connectivity index (χ1) is 9.96. The molecule has 0 radical (unpaired) electrons. The molecule has 0 aliphatic carbocycles. The van der Waals surface area contributed by atoms with E-state index in [1.165, 1.54) is 0 Å². The van der Waals surface area contributed by atoms with E-state index < -0.39 is 11.5 Å². The zero-order valence-electron chi connectivity index (χ0n) is 12.1. The highest BCUT2D eigenvalue weighted by Crippen LogP contribution is 2.26. The number of aliphatic hydroxyl groups excluding tert-OH is 1. The molecule has 1 unspecified atom stereocenters. The number of rotatable bonds is 5. The average molecular weight is 285 g/mol. The molecule has 0 saturated carbocycles. The van der Waals surface area contributed by atoms with Crippen molar-refractivity contribution in [3.63, 3.8) is 0 Å². The van der Waals surface area contributed by atoms with Crippen LogP contribution >= 0.6 is 0 Å². The summed E-state index contributed by atoms with van der Waals surface area (Å²) < 4.78 is 0. The third kappa shape index (κ3) is 3.23. The molecule has 1 atom stereocenters. The summed E-state index contributed by atoms with van der Waals surface area (Å²) in [6.07, 6.45) is 0. The maximum Gasteiger partial charge on any atom is 0.335 e. The van der Waals surface area contributed by atoms with E-state index in [9.17, 15) is 9.90 Å². The van der Waals surface area contributed by atoms with E-state index in [4.69, 9.17) is 5.11 Å². The first-order valence-electron chi connectivity index (χ1n) is 6.75. The van der Waals surface area contributed by atoms with Gasteiger partial charge in [0.1, 0.15) is 0 Å². The molecule has 0 bridgehead atoms. The Labute approximate surface area is 124 Å². The number of anilines is 1. The maximum atomic E-state index is 11.0. The summed E-state index contributed by atoms with van der Waals surface area (Å²) in [6.45, 7) is 3.59. The molecule has 2 rings (SSSR count). The van der Waals surface area contributed by atoms with E-state index in [2.05, 4.69) is 5.32 Å². The molecular weight excluding hydrogens is 266 g/mol. The summed E-state index contributed by atoms with van der Waals surface area (Å²) in [6, 6.07) is 14.7. The van der Waals surface area contributed by atoms with Crippen molar-refractivity contribution in [2.75, 3.05) is 11.9 Å². The van der Waals surface area contributed by atoms with Crippen LogP contribution in [0.3, 0.4) is 0 Å². The molecule has 0 aliphatic heterocycles. The third-order valence-corrected chi connectivity index (χ3v) is 3.60. The molecule has 2 aromatic carbocycles. The van der Waals surface area contributed by atoms with Crippen molar-refractivity contribution in [1.29, 1.82) is 0 Å². The molecule has 2 aromatic rings. The van der Waals surface area contributed by atoms with Gasteiger partial charge >= 0.3 is 5.97 Å². The lowest BCUT2D eigenvalue weighted by Gasteiger charge is -2.30. The Morgan fingerprint density at radius 2 is 1.86 bits per heavy atom. The van der Waals surface area contributed by atoms with Crippen LogP contribution in [-0.4, -0.2) is 22.8 Å². The van der Waals surface area contributed by atoms with E-state index >= 15 is 0 Å². The van der Waals surface area contributed by atoms with Gasteiger partial charge in [0.15, 0.2) is 0 Å². The Balaban J connectivity index is 2.31. The fourth-order valence-electron chi connectivity index (χ4n) is 2.31. The number of hydrogen-bond acceptors (Lipinski definition) is 3. The standard InChI is InChI=1S/C17H19NO3/c1-12-10-14(8-9-15(12)16(20)21)18-17(2,11-19)13-6-4-3-5-7-13/h3-10,18-19H,11H2,1-2H3,(H,20,21). The van der Waals surface area contributed by atoms with Gasteiger partial charge in [0.2, 0.25) is 0 Å². The Hall–Kier alpha value is -2.33. The molecule has 3 N–H and O–H groups in total. The first kappa shape index (κ1) is 15.1. The molecular formula is C17H19NO3. The lowest BCUT2D eigenvalue weighted by Crippen LogP contribution is -2.35. The summed E-state index contributed by atoms with van der Waals surface area (Å²) in [5.74, 6) is -0.938.